The highest BCUT2D eigenvalue weighted by molar-refractivity contribution is 6.00. The van der Waals surface area contributed by atoms with Crippen LogP contribution >= 0.6 is 0 Å². The monoisotopic (exact) mass is 325 g/mol. The number of primary amides is 1. The second-order valence-electron chi connectivity index (χ2n) is 6.40. The summed E-state index contributed by atoms with van der Waals surface area (Å²) in [5.74, 6) is -0.168. The lowest BCUT2D eigenvalue weighted by Gasteiger charge is -2.28. The van der Waals surface area contributed by atoms with Gasteiger partial charge in [0.2, 0.25) is 5.91 Å². The van der Waals surface area contributed by atoms with Crippen molar-refractivity contribution in [3.8, 4) is 0 Å². The third-order valence-electron chi connectivity index (χ3n) is 4.84. The summed E-state index contributed by atoms with van der Waals surface area (Å²) in [6, 6.07) is 2.05. The van der Waals surface area contributed by atoms with Gasteiger partial charge in [-0.2, -0.15) is 0 Å². The Morgan fingerprint density at radius 3 is 3.12 bits per heavy atom. The number of nitrogens with zero attached hydrogens (tertiary/aromatic N) is 2. The molecule has 0 radical (unpaired) electrons. The zero-order valence-corrected chi connectivity index (χ0v) is 13.2. The molecule has 0 aliphatic heterocycles. The molecule has 2 atom stereocenters. The average molecular weight is 325 g/mol. The van der Waals surface area contributed by atoms with Gasteiger partial charge in [0, 0.05) is 17.6 Å². The molecule has 0 spiro atoms. The maximum atomic E-state index is 12.6. The van der Waals surface area contributed by atoms with E-state index in [0.29, 0.717) is 0 Å². The summed E-state index contributed by atoms with van der Waals surface area (Å²) in [6.45, 7) is 0. The SMILES string of the molecule is NC(=O)C=C[C@H]1CCC[C@@H](n2c(=O)[nH]c3cnc4[nH]ccc4c32)C1. The van der Waals surface area contributed by atoms with E-state index in [1.807, 2.05) is 22.9 Å². The van der Waals surface area contributed by atoms with Gasteiger partial charge in [-0.25, -0.2) is 9.78 Å². The molecule has 24 heavy (non-hydrogen) atoms. The second-order valence-corrected chi connectivity index (χ2v) is 6.40. The van der Waals surface area contributed by atoms with Crippen LogP contribution in [0.2, 0.25) is 0 Å². The molecule has 3 aromatic heterocycles. The van der Waals surface area contributed by atoms with E-state index in [1.165, 1.54) is 6.08 Å². The summed E-state index contributed by atoms with van der Waals surface area (Å²) in [4.78, 5) is 33.8. The Morgan fingerprint density at radius 2 is 2.29 bits per heavy atom. The zero-order valence-electron chi connectivity index (χ0n) is 13.2. The molecule has 3 heterocycles. The molecule has 0 bridgehead atoms. The zero-order chi connectivity index (χ0) is 16.7. The van der Waals surface area contributed by atoms with Crippen LogP contribution in [0.15, 0.2) is 35.4 Å². The highest BCUT2D eigenvalue weighted by Crippen LogP contribution is 2.35. The van der Waals surface area contributed by atoms with Gasteiger partial charge in [-0.05, 0) is 37.3 Å². The number of carbonyl (C=O) groups is 1. The van der Waals surface area contributed by atoms with Crippen LogP contribution in [0.5, 0.6) is 0 Å². The number of hydrogen-bond acceptors (Lipinski definition) is 3. The highest BCUT2D eigenvalue weighted by atomic mass is 16.1. The van der Waals surface area contributed by atoms with Crippen LogP contribution in [-0.2, 0) is 4.79 Å². The minimum absolute atomic E-state index is 0.100. The summed E-state index contributed by atoms with van der Waals surface area (Å²) in [6.07, 6.45) is 10.6. The van der Waals surface area contributed by atoms with Crippen molar-refractivity contribution in [3.63, 3.8) is 0 Å². The first-order valence-electron chi connectivity index (χ1n) is 8.17. The van der Waals surface area contributed by atoms with Crippen LogP contribution < -0.4 is 11.4 Å². The van der Waals surface area contributed by atoms with Gasteiger partial charge in [0.25, 0.3) is 0 Å². The Labute approximate surface area is 137 Å². The summed E-state index contributed by atoms with van der Waals surface area (Å²) in [5.41, 5.74) is 7.51. The lowest BCUT2D eigenvalue weighted by molar-refractivity contribution is -0.113. The normalized spacial score (nSPS) is 21.8. The van der Waals surface area contributed by atoms with Gasteiger partial charge in [-0.3, -0.25) is 9.36 Å². The molecule has 1 amide bonds. The molecule has 1 fully saturated rings. The Hall–Kier alpha value is -2.83. The molecular formula is C17H19N5O2. The largest absolute Gasteiger partial charge is 0.366 e. The predicted octanol–water partition coefficient (Wildman–Crippen LogP) is 1.98. The number of fused-ring (bicyclic) bond motifs is 3. The molecule has 1 aliphatic carbocycles. The van der Waals surface area contributed by atoms with E-state index in [0.717, 1.165) is 47.8 Å². The molecule has 0 aromatic carbocycles. The second kappa shape index (κ2) is 5.67. The van der Waals surface area contributed by atoms with Gasteiger partial charge in [-0.15, -0.1) is 0 Å². The highest BCUT2D eigenvalue weighted by Gasteiger charge is 2.25. The Morgan fingerprint density at radius 1 is 1.42 bits per heavy atom. The van der Waals surface area contributed by atoms with Crippen molar-refractivity contribution >= 4 is 28.0 Å². The minimum atomic E-state index is -0.429. The van der Waals surface area contributed by atoms with Gasteiger partial charge in [0.05, 0.1) is 17.2 Å². The Bertz CT molecular complexity index is 993. The standard InChI is InChI=1S/C17H19N5O2/c18-14(23)5-4-10-2-1-3-11(8-10)22-15-12-6-7-19-16(12)20-9-13(15)21-17(22)24/h4-7,9-11H,1-3,8H2,(H2,18,23)(H,19,20)(H,21,24)/t10-,11-/m1/s1. The first kappa shape index (κ1) is 14.7. The number of aromatic nitrogens is 4. The first-order valence-corrected chi connectivity index (χ1v) is 8.17. The summed E-state index contributed by atoms with van der Waals surface area (Å²) >= 11 is 0. The number of allylic oxidation sites excluding steroid dienone is 1. The number of pyridine rings is 1. The van der Waals surface area contributed by atoms with Crippen LogP contribution in [0.25, 0.3) is 22.1 Å². The molecule has 0 saturated heterocycles. The van der Waals surface area contributed by atoms with E-state index in [4.69, 9.17) is 5.73 Å². The van der Waals surface area contributed by atoms with Gasteiger partial charge in [-0.1, -0.05) is 12.5 Å². The Balaban J connectivity index is 1.78. The Kier molecular flexibility index (Phi) is 3.48. The van der Waals surface area contributed by atoms with Crippen LogP contribution in [-0.4, -0.2) is 25.4 Å². The molecule has 1 saturated carbocycles. The number of imidazole rings is 1. The molecule has 1 aliphatic rings. The summed E-state index contributed by atoms with van der Waals surface area (Å²) < 4.78 is 1.86. The maximum Gasteiger partial charge on any atom is 0.326 e. The topological polar surface area (TPSA) is 110 Å². The number of carbonyl (C=O) groups excluding carboxylic acids is 1. The lowest BCUT2D eigenvalue weighted by atomic mass is 9.85. The third kappa shape index (κ3) is 2.42. The van der Waals surface area contributed by atoms with Crippen molar-refractivity contribution in [2.24, 2.45) is 11.7 Å². The minimum Gasteiger partial charge on any atom is -0.366 e. The van der Waals surface area contributed by atoms with E-state index in [-0.39, 0.29) is 17.6 Å². The molecular weight excluding hydrogens is 306 g/mol. The number of nitrogens with one attached hydrogen (secondary N) is 2. The summed E-state index contributed by atoms with van der Waals surface area (Å²) in [7, 11) is 0. The van der Waals surface area contributed by atoms with Crippen molar-refractivity contribution in [1.82, 2.24) is 19.5 Å². The van der Waals surface area contributed by atoms with Crippen LogP contribution in [0.4, 0.5) is 0 Å². The van der Waals surface area contributed by atoms with Crippen molar-refractivity contribution in [2.75, 3.05) is 0 Å². The van der Waals surface area contributed by atoms with Crippen LogP contribution in [0, 0.1) is 5.92 Å². The van der Waals surface area contributed by atoms with Gasteiger partial charge < -0.3 is 15.7 Å². The fraction of sp³-hybridized carbons (Fsp3) is 0.353. The number of nitrogens with two attached hydrogens (primary N) is 1. The number of hydrogen-bond donors (Lipinski definition) is 3. The smallest absolute Gasteiger partial charge is 0.326 e. The predicted molar refractivity (Wildman–Crippen MR) is 91.5 cm³/mol. The summed E-state index contributed by atoms with van der Waals surface area (Å²) in [5, 5.41) is 0.945. The third-order valence-corrected chi connectivity index (χ3v) is 4.84. The van der Waals surface area contributed by atoms with Crippen molar-refractivity contribution in [2.45, 2.75) is 31.7 Å². The van der Waals surface area contributed by atoms with Crippen molar-refractivity contribution in [3.05, 3.63) is 41.1 Å². The van der Waals surface area contributed by atoms with Crippen molar-refractivity contribution in [1.29, 1.82) is 0 Å². The van der Waals surface area contributed by atoms with Crippen molar-refractivity contribution < 1.29 is 4.79 Å². The maximum absolute atomic E-state index is 12.6. The van der Waals surface area contributed by atoms with E-state index in [2.05, 4.69) is 15.0 Å². The molecule has 7 heteroatoms. The van der Waals surface area contributed by atoms with Crippen LogP contribution in [0.3, 0.4) is 0 Å². The fourth-order valence-electron chi connectivity index (χ4n) is 3.81. The number of rotatable bonds is 3. The van der Waals surface area contributed by atoms with Crippen LogP contribution in [0.1, 0.15) is 31.7 Å². The van der Waals surface area contributed by atoms with Gasteiger partial charge >= 0.3 is 5.69 Å². The molecule has 124 valence electrons. The number of amides is 1. The quantitative estimate of drug-likeness (QED) is 0.640. The van der Waals surface area contributed by atoms with E-state index >= 15 is 0 Å². The van der Waals surface area contributed by atoms with Gasteiger partial charge in [0.1, 0.15) is 5.65 Å². The van der Waals surface area contributed by atoms with E-state index in [1.54, 1.807) is 6.20 Å². The number of H-pyrrole nitrogens is 2. The molecule has 4 N–H and O–H groups in total. The molecule has 7 nitrogen and oxygen atoms in total. The first-order chi connectivity index (χ1) is 11.6. The molecule has 0 unspecified atom stereocenters. The lowest BCUT2D eigenvalue weighted by Crippen LogP contribution is -2.26. The fourth-order valence-corrected chi connectivity index (χ4v) is 3.81. The molecule has 3 aromatic rings. The van der Waals surface area contributed by atoms with Gasteiger partial charge in [0.15, 0.2) is 0 Å². The van der Waals surface area contributed by atoms with E-state index < -0.39 is 5.91 Å². The van der Waals surface area contributed by atoms with E-state index in [9.17, 15) is 9.59 Å². The molecule has 4 rings (SSSR count). The number of aromatic amines is 2. The average Bonchev–Trinajstić information content (AvgIpc) is 3.16.